The van der Waals surface area contributed by atoms with Crippen molar-refractivity contribution < 1.29 is 5.11 Å². The minimum atomic E-state index is 0.442. The van der Waals surface area contributed by atoms with Crippen molar-refractivity contribution in [2.75, 3.05) is 0 Å². The maximum absolute atomic E-state index is 9.71. The smallest absolute Gasteiger partial charge is 0.115 e. The van der Waals surface area contributed by atoms with E-state index >= 15 is 0 Å². The molecular formula is C19H26O. The molecule has 1 N–H and O–H groups in total. The van der Waals surface area contributed by atoms with Gasteiger partial charge in [-0.25, -0.2) is 0 Å². The lowest BCUT2D eigenvalue weighted by atomic mass is 9.54. The number of hydrogen-bond donors (Lipinski definition) is 1. The van der Waals surface area contributed by atoms with Crippen LogP contribution in [-0.2, 0) is 6.42 Å². The zero-order valence-electron chi connectivity index (χ0n) is 12.7. The molecular weight excluding hydrogens is 244 g/mol. The van der Waals surface area contributed by atoms with Crippen LogP contribution in [0.25, 0.3) is 0 Å². The van der Waals surface area contributed by atoms with Crippen LogP contribution in [0.4, 0.5) is 0 Å². The van der Waals surface area contributed by atoms with E-state index in [2.05, 4.69) is 19.9 Å². The number of rotatable bonds is 0. The van der Waals surface area contributed by atoms with Crippen molar-refractivity contribution in [1.82, 2.24) is 0 Å². The molecule has 0 aromatic heterocycles. The van der Waals surface area contributed by atoms with E-state index in [0.717, 1.165) is 23.7 Å². The summed E-state index contributed by atoms with van der Waals surface area (Å²) >= 11 is 0. The molecule has 3 aliphatic rings. The van der Waals surface area contributed by atoms with Crippen LogP contribution in [0.3, 0.4) is 0 Å². The third kappa shape index (κ3) is 1.61. The lowest BCUT2D eigenvalue weighted by Gasteiger charge is -2.50. The Morgan fingerprint density at radius 1 is 1.15 bits per heavy atom. The lowest BCUT2D eigenvalue weighted by molar-refractivity contribution is 0.0336. The van der Waals surface area contributed by atoms with Crippen LogP contribution < -0.4 is 0 Å². The van der Waals surface area contributed by atoms with Crippen molar-refractivity contribution in [3.63, 3.8) is 0 Å². The van der Waals surface area contributed by atoms with Gasteiger partial charge in [-0.15, -0.1) is 0 Å². The summed E-state index contributed by atoms with van der Waals surface area (Å²) in [6.07, 6.45) is 8.17. The van der Waals surface area contributed by atoms with Gasteiger partial charge in [-0.2, -0.15) is 0 Å². The van der Waals surface area contributed by atoms with Gasteiger partial charge in [-0.1, -0.05) is 19.9 Å². The van der Waals surface area contributed by atoms with E-state index in [1.54, 1.807) is 5.56 Å². The molecule has 0 saturated heterocycles. The van der Waals surface area contributed by atoms with E-state index in [1.807, 2.05) is 12.1 Å². The second-order valence-corrected chi connectivity index (χ2v) is 7.82. The van der Waals surface area contributed by atoms with Crippen LogP contribution >= 0.6 is 0 Å². The van der Waals surface area contributed by atoms with Gasteiger partial charge in [-0.05, 0) is 90.9 Å². The fourth-order valence-corrected chi connectivity index (χ4v) is 5.83. The summed E-state index contributed by atoms with van der Waals surface area (Å²) in [7, 11) is 0. The molecule has 5 unspecified atom stereocenters. The molecule has 5 atom stereocenters. The Morgan fingerprint density at radius 3 is 2.85 bits per heavy atom. The predicted octanol–water partition coefficient (Wildman–Crippen LogP) is 4.88. The number of phenols is 1. The number of phenolic OH excluding ortho intramolecular Hbond substituents is 1. The Bertz CT molecular complexity index is 535. The van der Waals surface area contributed by atoms with Gasteiger partial charge in [0.1, 0.15) is 5.75 Å². The molecule has 0 aliphatic heterocycles. The first kappa shape index (κ1) is 12.7. The van der Waals surface area contributed by atoms with Crippen molar-refractivity contribution >= 4 is 0 Å². The fraction of sp³-hybridized carbons (Fsp3) is 0.684. The monoisotopic (exact) mass is 270 g/mol. The molecule has 1 heteroatoms. The largest absolute Gasteiger partial charge is 0.508 e. The van der Waals surface area contributed by atoms with E-state index in [1.165, 1.54) is 44.1 Å². The Balaban J connectivity index is 1.71. The van der Waals surface area contributed by atoms with Gasteiger partial charge in [-0.3, -0.25) is 0 Å². The molecule has 3 aliphatic carbocycles. The van der Waals surface area contributed by atoms with Crippen LogP contribution in [0.15, 0.2) is 18.2 Å². The molecule has 4 rings (SSSR count). The number of fused-ring (bicyclic) bond motifs is 5. The summed E-state index contributed by atoms with van der Waals surface area (Å²) in [6.45, 7) is 5.05. The summed E-state index contributed by atoms with van der Waals surface area (Å²) in [5.41, 5.74) is 3.58. The van der Waals surface area contributed by atoms with E-state index < -0.39 is 0 Å². The molecule has 0 spiro atoms. The highest BCUT2D eigenvalue weighted by atomic mass is 16.3. The number of aryl methyl sites for hydroxylation is 1. The SMILES string of the molecule is CC1CCC2C3CCc4cc(O)ccc4C3CCC12C. The second kappa shape index (κ2) is 4.26. The fourth-order valence-electron chi connectivity index (χ4n) is 5.83. The molecule has 1 aromatic rings. The Hall–Kier alpha value is -0.980. The van der Waals surface area contributed by atoms with E-state index in [-0.39, 0.29) is 0 Å². The first-order valence-corrected chi connectivity index (χ1v) is 8.41. The number of aromatic hydroxyl groups is 1. The Morgan fingerprint density at radius 2 is 2.00 bits per heavy atom. The second-order valence-electron chi connectivity index (χ2n) is 7.82. The van der Waals surface area contributed by atoms with Crippen molar-refractivity contribution in [1.29, 1.82) is 0 Å². The Labute approximate surface area is 122 Å². The molecule has 20 heavy (non-hydrogen) atoms. The van der Waals surface area contributed by atoms with Gasteiger partial charge < -0.3 is 5.11 Å². The highest BCUT2D eigenvalue weighted by Crippen LogP contribution is 2.62. The number of hydrogen-bond acceptors (Lipinski definition) is 1. The van der Waals surface area contributed by atoms with E-state index in [4.69, 9.17) is 0 Å². The molecule has 2 fully saturated rings. The standard InChI is InChI=1S/C19H26O/c1-12-3-8-18-17-6-4-13-11-14(20)5-7-15(13)16(17)9-10-19(12,18)2/h5,7,11-12,16-18,20H,3-4,6,8-10H2,1-2H3. The average Bonchev–Trinajstić information content (AvgIpc) is 2.74. The van der Waals surface area contributed by atoms with Crippen LogP contribution in [0.5, 0.6) is 5.75 Å². The molecule has 2 saturated carbocycles. The minimum absolute atomic E-state index is 0.442. The van der Waals surface area contributed by atoms with Crippen molar-refractivity contribution in [2.24, 2.45) is 23.2 Å². The third-order valence-corrected chi connectivity index (χ3v) is 7.18. The molecule has 0 heterocycles. The molecule has 0 radical (unpaired) electrons. The first-order chi connectivity index (χ1) is 9.59. The van der Waals surface area contributed by atoms with Crippen LogP contribution in [0.1, 0.15) is 63.0 Å². The summed E-state index contributed by atoms with van der Waals surface area (Å²) < 4.78 is 0. The first-order valence-electron chi connectivity index (χ1n) is 8.41. The molecule has 1 nitrogen and oxygen atoms in total. The zero-order chi connectivity index (χ0) is 13.9. The Kier molecular flexibility index (Phi) is 2.71. The molecule has 1 aromatic carbocycles. The molecule has 0 amide bonds. The summed E-state index contributed by atoms with van der Waals surface area (Å²) in [5.74, 6) is 3.96. The lowest BCUT2D eigenvalue weighted by Crippen LogP contribution is -2.41. The average molecular weight is 270 g/mol. The molecule has 108 valence electrons. The van der Waals surface area contributed by atoms with Gasteiger partial charge in [0, 0.05) is 0 Å². The predicted molar refractivity (Wildman–Crippen MR) is 81.9 cm³/mol. The number of benzene rings is 1. The zero-order valence-corrected chi connectivity index (χ0v) is 12.7. The van der Waals surface area contributed by atoms with Gasteiger partial charge >= 0.3 is 0 Å². The van der Waals surface area contributed by atoms with Crippen LogP contribution in [0.2, 0.25) is 0 Å². The minimum Gasteiger partial charge on any atom is -0.508 e. The highest BCUT2D eigenvalue weighted by Gasteiger charge is 2.53. The quantitative estimate of drug-likeness (QED) is 0.712. The van der Waals surface area contributed by atoms with E-state index in [0.29, 0.717) is 11.2 Å². The van der Waals surface area contributed by atoms with Crippen molar-refractivity contribution in [2.45, 2.75) is 58.3 Å². The third-order valence-electron chi connectivity index (χ3n) is 7.18. The highest BCUT2D eigenvalue weighted by molar-refractivity contribution is 5.40. The van der Waals surface area contributed by atoms with Crippen molar-refractivity contribution in [3.8, 4) is 5.75 Å². The van der Waals surface area contributed by atoms with Gasteiger partial charge in [0.25, 0.3) is 0 Å². The van der Waals surface area contributed by atoms with Gasteiger partial charge in [0.2, 0.25) is 0 Å². The summed E-state index contributed by atoms with van der Waals surface area (Å²) in [6, 6.07) is 6.12. The maximum atomic E-state index is 9.71. The molecule has 0 bridgehead atoms. The van der Waals surface area contributed by atoms with E-state index in [9.17, 15) is 5.11 Å². The van der Waals surface area contributed by atoms with Crippen molar-refractivity contribution in [3.05, 3.63) is 29.3 Å². The summed E-state index contributed by atoms with van der Waals surface area (Å²) in [5, 5.41) is 9.71. The van der Waals surface area contributed by atoms with Gasteiger partial charge in [0.05, 0.1) is 0 Å². The maximum Gasteiger partial charge on any atom is 0.115 e. The topological polar surface area (TPSA) is 20.2 Å². The normalized spacial score (nSPS) is 42.7. The summed E-state index contributed by atoms with van der Waals surface area (Å²) in [4.78, 5) is 0. The van der Waals surface area contributed by atoms with Crippen LogP contribution in [-0.4, -0.2) is 5.11 Å². The van der Waals surface area contributed by atoms with Crippen LogP contribution in [0, 0.1) is 23.2 Å². The van der Waals surface area contributed by atoms with Gasteiger partial charge in [0.15, 0.2) is 0 Å².